The van der Waals surface area contributed by atoms with Crippen LogP contribution in [-0.4, -0.2) is 123 Å². The van der Waals surface area contributed by atoms with E-state index in [0.29, 0.717) is 47.6 Å². The number of aliphatic hydroxyl groups excluding tert-OH is 2. The van der Waals surface area contributed by atoms with E-state index in [1.807, 2.05) is 33.4 Å². The van der Waals surface area contributed by atoms with Crippen LogP contribution in [0.2, 0.25) is 0 Å². The molecule has 29 heteroatoms. The lowest BCUT2D eigenvalue weighted by molar-refractivity contribution is 0.115. The van der Waals surface area contributed by atoms with Crippen molar-refractivity contribution in [3.05, 3.63) is 102 Å². The molecule has 2 aromatic carbocycles. The van der Waals surface area contributed by atoms with Crippen molar-refractivity contribution in [2.75, 3.05) is 30.4 Å². The highest BCUT2D eigenvalue weighted by Crippen LogP contribution is 2.33. The van der Waals surface area contributed by atoms with Crippen LogP contribution in [0.25, 0.3) is 56.1 Å². The number of rotatable bonds is 14. The van der Waals surface area contributed by atoms with E-state index in [0.717, 1.165) is 37.7 Å². The summed E-state index contributed by atoms with van der Waals surface area (Å²) in [6.45, 7) is 1.35. The first-order valence-electron chi connectivity index (χ1n) is 19.8. The molecular weight excluding hydrogens is 981 g/mol. The molecule has 23 nitrogen and oxygen atoms in total. The highest BCUT2D eigenvalue weighted by atomic mass is 79.9. The van der Waals surface area contributed by atoms with Crippen LogP contribution in [-0.2, 0) is 13.1 Å². The third kappa shape index (κ3) is 11.6. The standard InChI is InChI=1S/C19H15F2N9O2.C16H12BrF2N7O2.C4H6BNO2.CH4/c20-16(21)18-29-28-17(32-18)11-5-22-19(23-6-11)27-12-3-13(10-7-25-26-8-10)15-14(4-12)30(1-2-31)9-24-15;17-10-3-9(4-11-12(10)22-7-26(11)1-2-27)23-16-20-5-8(6-21-16)14-24-25-15(28-14)13(18)19;7-5(8)4-1-2-6-3-4;/h3-9,16,31H,1-2H2,(H,25,26)(H,22,23,27);3-7,13,27H,1-2H2,(H,20,21,23);1,3,7-8H,2H2;1H4. The maximum absolute atomic E-state index is 12.6. The van der Waals surface area contributed by atoms with Crippen molar-refractivity contribution in [3.8, 4) is 34.0 Å². The summed E-state index contributed by atoms with van der Waals surface area (Å²) in [5.74, 6) is -1.14. The Morgan fingerprint density at radius 2 is 1.22 bits per heavy atom. The van der Waals surface area contributed by atoms with Gasteiger partial charge in [-0.15, -0.1) is 20.4 Å². The van der Waals surface area contributed by atoms with Gasteiger partial charge in [0.2, 0.25) is 11.9 Å². The Balaban J connectivity index is 0.000000174. The Hall–Kier alpha value is -7.86. The maximum atomic E-state index is 12.6. The van der Waals surface area contributed by atoms with Crippen molar-refractivity contribution in [2.24, 2.45) is 4.99 Å². The van der Waals surface area contributed by atoms with E-state index < -0.39 is 31.8 Å². The summed E-state index contributed by atoms with van der Waals surface area (Å²) in [6, 6.07) is 7.43. The molecule has 0 fully saturated rings. The van der Waals surface area contributed by atoms with Crippen molar-refractivity contribution < 1.29 is 46.7 Å². The molecule has 0 unspecified atom stereocenters. The number of nitrogens with zero attached hydrogens (tertiary/aromatic N) is 14. The zero-order valence-electron chi connectivity index (χ0n) is 34.6. The van der Waals surface area contributed by atoms with Crippen LogP contribution >= 0.6 is 15.9 Å². The molecule has 69 heavy (non-hydrogen) atoms. The van der Waals surface area contributed by atoms with E-state index in [1.165, 1.54) is 31.0 Å². The van der Waals surface area contributed by atoms with Crippen LogP contribution in [0, 0.1) is 0 Å². The molecule has 10 rings (SSSR count). The van der Waals surface area contributed by atoms with Crippen molar-refractivity contribution in [2.45, 2.75) is 33.4 Å². The Morgan fingerprint density at radius 3 is 1.65 bits per heavy atom. The molecule has 7 N–H and O–H groups in total. The summed E-state index contributed by atoms with van der Waals surface area (Å²) < 4.78 is 64.6. The smallest absolute Gasteiger partial charge is 0.423 e. The largest absolute Gasteiger partial charge is 0.489 e. The minimum absolute atomic E-state index is 0. The Labute approximate surface area is 394 Å². The lowest BCUT2D eigenvalue weighted by atomic mass is 9.81. The summed E-state index contributed by atoms with van der Waals surface area (Å²) in [4.78, 5) is 29.2. The van der Waals surface area contributed by atoms with Crippen molar-refractivity contribution in [3.63, 3.8) is 0 Å². The first kappa shape index (κ1) is 49.1. The van der Waals surface area contributed by atoms with Crippen LogP contribution in [0.1, 0.15) is 32.1 Å². The van der Waals surface area contributed by atoms with Gasteiger partial charge in [0.1, 0.15) is 5.52 Å². The normalized spacial score (nSPS) is 11.9. The van der Waals surface area contributed by atoms with E-state index >= 15 is 0 Å². The summed E-state index contributed by atoms with van der Waals surface area (Å²) in [6.07, 6.45) is 9.77. The maximum Gasteiger partial charge on any atom is 0.489 e. The van der Waals surface area contributed by atoms with Gasteiger partial charge in [0.15, 0.2) is 0 Å². The number of hydrogen-bond donors (Lipinski definition) is 7. The van der Waals surface area contributed by atoms with Gasteiger partial charge in [0.05, 0.1) is 66.3 Å². The highest BCUT2D eigenvalue weighted by Gasteiger charge is 2.20. The third-order valence-corrected chi connectivity index (χ3v) is 10.0. The molecular formula is C40H37BBrF4N17O6. The summed E-state index contributed by atoms with van der Waals surface area (Å²) in [5, 5.41) is 62.1. The Bertz CT molecular complexity index is 3170. The predicted molar refractivity (Wildman–Crippen MR) is 244 cm³/mol. The number of aliphatic imine (C=N–C) groups is 1. The number of alkyl halides is 4. The third-order valence-electron chi connectivity index (χ3n) is 9.43. The second-order valence-corrected chi connectivity index (χ2v) is 14.8. The van der Waals surface area contributed by atoms with Gasteiger partial charge in [-0.2, -0.15) is 22.7 Å². The number of hydrogen-bond acceptors (Lipinski definition) is 20. The molecule has 356 valence electrons. The summed E-state index contributed by atoms with van der Waals surface area (Å²) in [7, 11) is -1.35. The molecule has 1 aliphatic heterocycles. The monoisotopic (exact) mass is 1020 g/mol. The molecule has 0 saturated heterocycles. The van der Waals surface area contributed by atoms with Crippen LogP contribution in [0.5, 0.6) is 0 Å². The molecule has 0 spiro atoms. The number of aromatic nitrogens is 14. The van der Waals surface area contributed by atoms with Gasteiger partial charge < -0.3 is 48.9 Å². The topological polar surface area (TPSA) is 311 Å². The lowest BCUT2D eigenvalue weighted by Crippen LogP contribution is -2.14. The number of allylic oxidation sites excluding steroid dienone is 1. The van der Waals surface area contributed by atoms with Crippen molar-refractivity contribution in [1.29, 1.82) is 0 Å². The van der Waals surface area contributed by atoms with Gasteiger partial charge in [-0.1, -0.05) is 13.5 Å². The fourth-order valence-corrected chi connectivity index (χ4v) is 6.85. The molecule has 0 amide bonds. The van der Waals surface area contributed by atoms with Gasteiger partial charge in [0.25, 0.3) is 23.6 Å². The lowest BCUT2D eigenvalue weighted by Gasteiger charge is -2.09. The number of anilines is 4. The number of aliphatic hydroxyl groups is 2. The van der Waals surface area contributed by atoms with E-state index in [9.17, 15) is 22.7 Å². The average Bonchev–Trinajstić information content (AvgIpc) is 4.20. The number of halogens is 5. The Morgan fingerprint density at radius 1 is 0.696 bits per heavy atom. The number of aromatic amines is 1. The van der Waals surface area contributed by atoms with Gasteiger partial charge in [-0.3, -0.25) is 10.1 Å². The number of H-pyrrole nitrogens is 1. The van der Waals surface area contributed by atoms with E-state index in [4.69, 9.17) is 24.0 Å². The number of imidazole rings is 2. The molecule has 0 aliphatic carbocycles. The van der Waals surface area contributed by atoms with Gasteiger partial charge in [-0.05, 0) is 45.7 Å². The summed E-state index contributed by atoms with van der Waals surface area (Å²) in [5.41, 5.74) is 7.33. The second-order valence-electron chi connectivity index (χ2n) is 13.9. The molecule has 9 aromatic rings. The first-order chi connectivity index (χ1) is 33.0. The molecule has 8 heterocycles. The minimum atomic E-state index is -2.85. The quantitative estimate of drug-likeness (QED) is 0.0493. The molecule has 0 atom stereocenters. The molecule has 1 aliphatic rings. The number of fused-ring (bicyclic) bond motifs is 2. The highest BCUT2D eigenvalue weighted by molar-refractivity contribution is 9.10. The second kappa shape index (κ2) is 22.3. The zero-order valence-corrected chi connectivity index (χ0v) is 36.2. The summed E-state index contributed by atoms with van der Waals surface area (Å²) >= 11 is 3.47. The zero-order chi connectivity index (χ0) is 47.7. The van der Waals surface area contributed by atoms with E-state index in [-0.39, 0.29) is 44.3 Å². The van der Waals surface area contributed by atoms with Crippen LogP contribution in [0.4, 0.5) is 40.8 Å². The molecule has 7 aromatic heterocycles. The minimum Gasteiger partial charge on any atom is -0.423 e. The Kier molecular flexibility index (Phi) is 15.9. The average molecular weight is 1020 g/mol. The fraction of sp³-hybridized carbons (Fsp3) is 0.200. The van der Waals surface area contributed by atoms with Crippen LogP contribution in [0.15, 0.2) is 104 Å². The first-order valence-corrected chi connectivity index (χ1v) is 20.6. The molecule has 0 radical (unpaired) electrons. The number of nitrogens with one attached hydrogen (secondary N) is 3. The van der Waals surface area contributed by atoms with Gasteiger partial charge in [0, 0.05) is 77.3 Å². The van der Waals surface area contributed by atoms with E-state index in [2.05, 4.69) is 92.1 Å². The van der Waals surface area contributed by atoms with Crippen LogP contribution < -0.4 is 10.6 Å². The number of benzene rings is 2. The van der Waals surface area contributed by atoms with Crippen molar-refractivity contribution >= 4 is 74.6 Å². The van der Waals surface area contributed by atoms with E-state index in [1.54, 1.807) is 31.1 Å². The SMILES string of the molecule is C.OB(O)C1=CCN=C1.OCCn1cnc2c(-c3cn[nH]c3)cc(Nc3ncc(-c4nnc(C(F)F)o4)cn3)cc21.OCCn1cnc2c(Br)cc(Nc3ncc(-c4nnc(C(F)F)o4)cn3)cc21. The fourth-order valence-electron chi connectivity index (χ4n) is 6.30. The molecule has 0 bridgehead atoms. The van der Waals surface area contributed by atoms with Crippen molar-refractivity contribution in [1.82, 2.24) is 69.6 Å². The predicted octanol–water partition coefficient (Wildman–Crippen LogP) is 5.90. The van der Waals surface area contributed by atoms with Gasteiger partial charge >= 0.3 is 20.0 Å². The van der Waals surface area contributed by atoms with Crippen LogP contribution in [0.3, 0.4) is 0 Å². The van der Waals surface area contributed by atoms with Gasteiger partial charge in [-0.25, -0.2) is 29.9 Å². The molecule has 0 saturated carbocycles.